The number of hydrogen-bond acceptors (Lipinski definition) is 7. The van der Waals surface area contributed by atoms with E-state index in [4.69, 9.17) is 10.5 Å². The summed E-state index contributed by atoms with van der Waals surface area (Å²) in [6.45, 7) is 7.01. The van der Waals surface area contributed by atoms with E-state index in [1.54, 1.807) is 4.90 Å². The maximum Gasteiger partial charge on any atom is 0.245 e. The molecule has 3 rings (SSSR count). The number of amides is 4. The van der Waals surface area contributed by atoms with Gasteiger partial charge >= 0.3 is 0 Å². The van der Waals surface area contributed by atoms with Crippen LogP contribution in [0.1, 0.15) is 57.1 Å². The maximum absolute atomic E-state index is 13.8. The Morgan fingerprint density at radius 3 is 2.04 bits per heavy atom. The van der Waals surface area contributed by atoms with E-state index in [0.717, 1.165) is 24.8 Å². The fraction of sp³-hybridized carbons (Fsp3) is 0.556. The molecule has 0 spiro atoms. The van der Waals surface area contributed by atoms with E-state index >= 15 is 0 Å². The summed E-state index contributed by atoms with van der Waals surface area (Å²) in [6.07, 6.45) is 4.28. The van der Waals surface area contributed by atoms with Crippen LogP contribution >= 0.6 is 0 Å². The van der Waals surface area contributed by atoms with Gasteiger partial charge in [-0.15, -0.1) is 0 Å². The summed E-state index contributed by atoms with van der Waals surface area (Å²) < 4.78 is 5.40. The van der Waals surface area contributed by atoms with Crippen molar-refractivity contribution in [1.82, 2.24) is 26.2 Å². The molecule has 3 atom stereocenters. The van der Waals surface area contributed by atoms with Gasteiger partial charge in [0.15, 0.2) is 0 Å². The molecule has 258 valence electrons. The molecule has 6 N–H and O–H groups in total. The lowest BCUT2D eigenvalue weighted by Crippen LogP contribution is -2.58. The number of benzene rings is 2. The number of aryl methyl sites for hydroxylation is 1. The molecule has 1 saturated heterocycles. The van der Waals surface area contributed by atoms with Gasteiger partial charge in [-0.25, -0.2) is 0 Å². The minimum atomic E-state index is -0.895. The summed E-state index contributed by atoms with van der Waals surface area (Å²) in [5.74, 6) is -1.25. The van der Waals surface area contributed by atoms with Crippen LogP contribution in [0.15, 0.2) is 60.7 Å². The van der Waals surface area contributed by atoms with Crippen molar-refractivity contribution in [3.05, 3.63) is 71.8 Å². The van der Waals surface area contributed by atoms with E-state index < -0.39 is 29.9 Å². The highest BCUT2D eigenvalue weighted by atomic mass is 16.5. The molecular formula is C36H54N6O5. The van der Waals surface area contributed by atoms with Crippen LogP contribution in [0, 0.1) is 5.92 Å². The Balaban J connectivity index is 1.65. The molecule has 2 aromatic carbocycles. The summed E-state index contributed by atoms with van der Waals surface area (Å²) in [5, 5.41) is 11.9. The lowest BCUT2D eigenvalue weighted by Gasteiger charge is -2.32. The minimum Gasteiger partial charge on any atom is -0.378 e. The quantitative estimate of drug-likeness (QED) is 0.137. The molecule has 0 unspecified atom stereocenters. The second kappa shape index (κ2) is 21.1. The van der Waals surface area contributed by atoms with E-state index in [-0.39, 0.29) is 30.7 Å². The molecule has 0 aromatic heterocycles. The number of unbranched alkanes of at least 4 members (excludes halogenated alkanes) is 1. The number of nitrogens with zero attached hydrogens (tertiary/aromatic N) is 1. The molecule has 47 heavy (non-hydrogen) atoms. The third-order valence-corrected chi connectivity index (χ3v) is 8.11. The maximum atomic E-state index is 13.8. The van der Waals surface area contributed by atoms with Crippen LogP contribution in [-0.2, 0) is 36.8 Å². The van der Waals surface area contributed by atoms with Crippen molar-refractivity contribution in [2.24, 2.45) is 11.7 Å². The van der Waals surface area contributed by atoms with Gasteiger partial charge in [0.05, 0.1) is 19.8 Å². The number of nitrogens with two attached hydrogens (primary N) is 1. The molecule has 11 heteroatoms. The molecule has 2 aromatic rings. The molecule has 0 aliphatic carbocycles. The lowest BCUT2D eigenvalue weighted by atomic mass is 10.00. The zero-order chi connectivity index (χ0) is 33.9. The highest BCUT2D eigenvalue weighted by molar-refractivity contribution is 5.94. The topological polar surface area (TPSA) is 155 Å². The first kappa shape index (κ1) is 37.7. The molecule has 1 fully saturated rings. The fourth-order valence-corrected chi connectivity index (χ4v) is 5.57. The van der Waals surface area contributed by atoms with Crippen LogP contribution in [0.5, 0.6) is 0 Å². The molecule has 11 nitrogen and oxygen atoms in total. The van der Waals surface area contributed by atoms with E-state index in [9.17, 15) is 19.2 Å². The van der Waals surface area contributed by atoms with Gasteiger partial charge in [-0.05, 0) is 68.7 Å². The summed E-state index contributed by atoms with van der Waals surface area (Å²) in [5.41, 5.74) is 7.81. The van der Waals surface area contributed by atoms with Crippen LogP contribution < -0.4 is 27.0 Å². The van der Waals surface area contributed by atoms with Crippen LogP contribution in [-0.4, -0.2) is 92.6 Å². The van der Waals surface area contributed by atoms with Crippen molar-refractivity contribution in [1.29, 1.82) is 0 Å². The third-order valence-electron chi connectivity index (χ3n) is 8.11. The number of morpholine rings is 1. The van der Waals surface area contributed by atoms with Crippen LogP contribution in [0.4, 0.5) is 0 Å². The zero-order valence-electron chi connectivity index (χ0n) is 28.0. The minimum absolute atomic E-state index is 0.0669. The Bertz CT molecular complexity index is 1220. The van der Waals surface area contributed by atoms with Crippen molar-refractivity contribution in [3.8, 4) is 0 Å². The SMILES string of the molecule is CC(C)C[C@@H](NC(=O)[C@@H](Cc1ccccc1)NC(=O)CNCCCc1ccccc1)C(=O)N[C@H](CCCCN)C(=O)N1CCOCC1. The smallest absolute Gasteiger partial charge is 0.245 e. The first-order valence-corrected chi connectivity index (χ1v) is 17.0. The zero-order valence-corrected chi connectivity index (χ0v) is 28.0. The van der Waals surface area contributed by atoms with Gasteiger partial charge in [0.1, 0.15) is 18.1 Å². The Kier molecular flexibility index (Phi) is 16.9. The Morgan fingerprint density at radius 2 is 1.40 bits per heavy atom. The van der Waals surface area contributed by atoms with E-state index in [0.29, 0.717) is 58.7 Å². The molecule has 1 heterocycles. The van der Waals surface area contributed by atoms with Crippen molar-refractivity contribution >= 4 is 23.6 Å². The van der Waals surface area contributed by atoms with Crippen LogP contribution in [0.25, 0.3) is 0 Å². The van der Waals surface area contributed by atoms with Gasteiger partial charge in [-0.2, -0.15) is 0 Å². The Morgan fingerprint density at radius 1 is 0.787 bits per heavy atom. The van der Waals surface area contributed by atoms with Crippen molar-refractivity contribution in [2.75, 3.05) is 45.9 Å². The normalized spacial score (nSPS) is 15.0. The molecule has 0 bridgehead atoms. The highest BCUT2D eigenvalue weighted by Crippen LogP contribution is 2.12. The molecular weight excluding hydrogens is 596 g/mol. The van der Waals surface area contributed by atoms with Gasteiger partial charge in [-0.1, -0.05) is 74.5 Å². The summed E-state index contributed by atoms with van der Waals surface area (Å²) in [6, 6.07) is 17.1. The monoisotopic (exact) mass is 650 g/mol. The molecule has 0 saturated carbocycles. The number of ether oxygens (including phenoxy) is 1. The van der Waals surface area contributed by atoms with E-state index in [2.05, 4.69) is 33.4 Å². The highest BCUT2D eigenvalue weighted by Gasteiger charge is 2.32. The van der Waals surface area contributed by atoms with Crippen molar-refractivity contribution < 1.29 is 23.9 Å². The number of nitrogens with one attached hydrogen (secondary N) is 4. The average molecular weight is 651 g/mol. The van der Waals surface area contributed by atoms with Crippen LogP contribution in [0.3, 0.4) is 0 Å². The number of carbonyl (C=O) groups excluding carboxylic acids is 4. The van der Waals surface area contributed by atoms with Crippen molar-refractivity contribution in [3.63, 3.8) is 0 Å². The fourth-order valence-electron chi connectivity index (χ4n) is 5.57. The lowest BCUT2D eigenvalue weighted by molar-refractivity contribution is -0.141. The Labute approximate surface area is 279 Å². The number of carbonyl (C=O) groups is 4. The molecule has 4 amide bonds. The predicted molar refractivity (Wildman–Crippen MR) is 183 cm³/mol. The van der Waals surface area contributed by atoms with Gasteiger partial charge in [0, 0.05) is 19.5 Å². The summed E-state index contributed by atoms with van der Waals surface area (Å²) >= 11 is 0. The Hall–Kier alpha value is -3.80. The predicted octanol–water partition coefficient (Wildman–Crippen LogP) is 1.94. The summed E-state index contributed by atoms with van der Waals surface area (Å²) in [7, 11) is 0. The average Bonchev–Trinajstić information content (AvgIpc) is 3.08. The third kappa shape index (κ3) is 14.2. The number of rotatable bonds is 20. The van der Waals surface area contributed by atoms with E-state index in [1.807, 2.05) is 62.4 Å². The standard InChI is InChI=1S/C36H54N6O5/c1-27(2)24-31(34(44)40-30(17-9-10-18-37)36(46)42-20-22-47-23-21-42)41-35(45)32(25-29-14-7-4-8-15-29)39-33(43)26-38-19-11-16-28-12-5-3-6-13-28/h3-8,12-15,27,30-32,38H,9-11,16-26,37H2,1-2H3,(H,39,43)(H,40,44)(H,41,45)/t30-,31-,32-/m1/s1. The molecule has 1 aliphatic heterocycles. The van der Waals surface area contributed by atoms with Crippen LogP contribution in [0.2, 0.25) is 0 Å². The van der Waals surface area contributed by atoms with Gasteiger partial charge in [0.2, 0.25) is 23.6 Å². The van der Waals surface area contributed by atoms with E-state index in [1.165, 1.54) is 5.56 Å². The largest absolute Gasteiger partial charge is 0.378 e. The first-order chi connectivity index (χ1) is 22.8. The molecule has 1 aliphatic rings. The van der Waals surface area contributed by atoms with Crippen molar-refractivity contribution in [2.45, 2.75) is 76.9 Å². The second-order valence-corrected chi connectivity index (χ2v) is 12.5. The van der Waals surface area contributed by atoms with Gasteiger partial charge < -0.3 is 36.6 Å². The second-order valence-electron chi connectivity index (χ2n) is 12.5. The number of hydrogen-bond donors (Lipinski definition) is 5. The summed E-state index contributed by atoms with van der Waals surface area (Å²) in [4.78, 5) is 55.6. The molecule has 0 radical (unpaired) electrons. The first-order valence-electron chi connectivity index (χ1n) is 17.0. The van der Waals surface area contributed by atoms with Gasteiger partial charge in [0.25, 0.3) is 0 Å². The van der Waals surface area contributed by atoms with Gasteiger partial charge in [-0.3, -0.25) is 19.2 Å².